The van der Waals surface area contributed by atoms with E-state index >= 15 is 0 Å². The highest BCUT2D eigenvalue weighted by molar-refractivity contribution is 5.88. The monoisotopic (exact) mass is 1020 g/mol. The van der Waals surface area contributed by atoms with Gasteiger partial charge in [-0.05, 0) is 61.9 Å². The number of benzene rings is 3. The Hall–Kier alpha value is -5.56. The molecule has 3 aromatic carbocycles. The zero-order chi connectivity index (χ0) is 51.9. The lowest BCUT2D eigenvalue weighted by atomic mass is 9.97. The van der Waals surface area contributed by atoms with Crippen LogP contribution < -0.4 is 10.2 Å². The van der Waals surface area contributed by atoms with Crippen molar-refractivity contribution in [3.8, 4) is 40.1 Å². The van der Waals surface area contributed by atoms with E-state index in [9.17, 15) is 76.0 Å². The summed E-state index contributed by atoms with van der Waals surface area (Å²) < 4.78 is 58.9. The topological polar surface area (TPSA) is 393 Å². The van der Waals surface area contributed by atoms with Crippen LogP contribution in [0.2, 0.25) is 0 Å². The first kappa shape index (κ1) is 52.8. The predicted octanol–water partition coefficient (Wildman–Crippen LogP) is -2.11. The Labute approximate surface area is 406 Å². The third kappa shape index (κ3) is 11.0. The fourth-order valence-electron chi connectivity index (χ4n) is 8.45. The lowest BCUT2D eigenvalue weighted by molar-refractivity contribution is -0.365. The van der Waals surface area contributed by atoms with Gasteiger partial charge in [0.25, 0.3) is 0 Å². The molecule has 0 amide bonds. The van der Waals surface area contributed by atoms with E-state index in [4.69, 9.17) is 47.0 Å². The van der Waals surface area contributed by atoms with Crippen LogP contribution in [0.15, 0.2) is 76.0 Å². The van der Waals surface area contributed by atoms with E-state index in [1.54, 1.807) is 0 Å². The molecule has 4 aliphatic heterocycles. The smallest absolute Gasteiger partial charge is 0.331 e. The van der Waals surface area contributed by atoms with Gasteiger partial charge < -0.3 is 113 Å². The normalized spacial score (nSPS) is 36.3. The quantitative estimate of drug-likeness (QED) is 0.0503. The van der Waals surface area contributed by atoms with E-state index in [2.05, 4.69) is 0 Å². The van der Waals surface area contributed by atoms with E-state index in [0.717, 1.165) is 18.2 Å². The SMILES string of the molecule is CC1OC(OC2C(Oc3c(-c4ccc(O)cc4)oc4cc(O)cc(O)c4c3=O)OC(COC3OC(C)C(O)C(OC4OCC(O)C(O)C4O)C3O)C(OC(=O)C=Cc3ccc(O)cc3)C2O)C(O)C(O)C1O. The molecule has 25 nitrogen and oxygen atoms in total. The zero-order valence-corrected chi connectivity index (χ0v) is 38.0. The van der Waals surface area contributed by atoms with Gasteiger partial charge in [-0.15, -0.1) is 0 Å². The highest BCUT2D eigenvalue weighted by Crippen LogP contribution is 2.39. The maximum Gasteiger partial charge on any atom is 0.331 e. The summed E-state index contributed by atoms with van der Waals surface area (Å²) in [5.41, 5.74) is -0.945. The average molecular weight is 1020 g/mol. The van der Waals surface area contributed by atoms with Crippen molar-refractivity contribution in [3.63, 3.8) is 0 Å². The van der Waals surface area contributed by atoms with Crippen LogP contribution in [0.3, 0.4) is 0 Å². The van der Waals surface area contributed by atoms with Crippen LogP contribution in [0, 0.1) is 0 Å². The number of carbonyl (C=O) groups is 1. The Kier molecular flexibility index (Phi) is 16.0. The summed E-state index contributed by atoms with van der Waals surface area (Å²) in [5.74, 6) is -3.80. The molecule has 0 radical (unpaired) electrons. The van der Waals surface area contributed by atoms with E-state index in [0.29, 0.717) is 5.56 Å². The molecule has 1 aromatic heterocycles. The highest BCUT2D eigenvalue weighted by Gasteiger charge is 2.54. The molecule has 4 saturated heterocycles. The number of phenolic OH excluding ortho intramolecular Hbond substituents is 4. The molecule has 4 aromatic rings. The first-order valence-electron chi connectivity index (χ1n) is 22.5. The van der Waals surface area contributed by atoms with Gasteiger partial charge in [-0.3, -0.25) is 4.79 Å². The molecule has 19 atom stereocenters. The number of fused-ring (bicyclic) bond motifs is 1. The highest BCUT2D eigenvalue weighted by atomic mass is 16.8. The van der Waals surface area contributed by atoms with Crippen molar-refractivity contribution >= 4 is 23.0 Å². The van der Waals surface area contributed by atoms with Crippen LogP contribution >= 0.6 is 0 Å². The number of ether oxygens (including phenoxy) is 9. The standard InChI is InChI=1S/C47H54O25/c1-17-30(54)34(58)36(60)46(66-17)72-43-37(61)40(69-28(53)12-5-19-3-8-21(48)9-4-19)27(16-64-45-38(62)41(31(55)18(2)65-45)70-44-35(59)32(56)25(52)15-63-44)68-47(43)71-42-33(57)29-24(51)13-23(50)14-26(29)67-39(42)20-6-10-22(49)11-7-20/h3-14,17-18,25,27,30-32,34-38,40-41,43-52,54-56,58-62H,15-16H2,1-2H3. The third-order valence-electron chi connectivity index (χ3n) is 12.5. The third-order valence-corrected chi connectivity index (χ3v) is 12.5. The van der Waals surface area contributed by atoms with Gasteiger partial charge in [0.15, 0.2) is 36.8 Å². The average Bonchev–Trinajstić information content (AvgIpc) is 3.34. The van der Waals surface area contributed by atoms with Gasteiger partial charge >= 0.3 is 5.97 Å². The maximum atomic E-state index is 14.5. The molecular formula is C47H54O25. The molecule has 25 heteroatoms. The first-order valence-corrected chi connectivity index (χ1v) is 22.5. The zero-order valence-electron chi connectivity index (χ0n) is 38.0. The molecule has 72 heavy (non-hydrogen) atoms. The van der Waals surface area contributed by atoms with Gasteiger partial charge in [0.2, 0.25) is 17.5 Å². The first-order chi connectivity index (χ1) is 34.2. The van der Waals surface area contributed by atoms with Crippen LogP contribution in [0.25, 0.3) is 28.4 Å². The van der Waals surface area contributed by atoms with Crippen molar-refractivity contribution in [2.75, 3.05) is 13.2 Å². The Morgan fingerprint density at radius 3 is 1.96 bits per heavy atom. The van der Waals surface area contributed by atoms with Gasteiger partial charge in [-0.2, -0.15) is 0 Å². The molecular weight excluding hydrogens is 964 g/mol. The second-order valence-electron chi connectivity index (χ2n) is 17.6. The maximum absolute atomic E-state index is 14.5. The predicted molar refractivity (Wildman–Crippen MR) is 237 cm³/mol. The fourth-order valence-corrected chi connectivity index (χ4v) is 8.45. The number of aliphatic hydroxyl groups is 9. The minimum absolute atomic E-state index is 0.0634. The van der Waals surface area contributed by atoms with Gasteiger partial charge in [0, 0.05) is 23.8 Å². The summed E-state index contributed by atoms with van der Waals surface area (Å²) in [6, 6.07) is 12.6. The van der Waals surface area contributed by atoms with Crippen molar-refractivity contribution in [3.05, 3.63) is 82.5 Å². The fraction of sp³-hybridized carbons (Fsp3) is 0.489. The number of carbonyl (C=O) groups excluding carboxylic acids is 1. The summed E-state index contributed by atoms with van der Waals surface area (Å²) in [5, 5.41) is 138. The molecule has 13 N–H and O–H groups in total. The van der Waals surface area contributed by atoms with Crippen LogP contribution in [0.5, 0.6) is 28.7 Å². The molecule has 0 spiro atoms. The summed E-state index contributed by atoms with van der Waals surface area (Å²) in [7, 11) is 0. The molecule has 0 aliphatic carbocycles. The van der Waals surface area contributed by atoms with Crippen molar-refractivity contribution in [1.82, 2.24) is 0 Å². The summed E-state index contributed by atoms with van der Waals surface area (Å²) >= 11 is 0. The second kappa shape index (κ2) is 21.9. The van der Waals surface area contributed by atoms with E-state index < -0.39 is 170 Å². The van der Waals surface area contributed by atoms with Gasteiger partial charge in [0.05, 0.1) is 25.4 Å². The Morgan fingerprint density at radius 1 is 0.639 bits per heavy atom. The summed E-state index contributed by atoms with van der Waals surface area (Å²) in [4.78, 5) is 28.1. The number of esters is 1. The van der Waals surface area contributed by atoms with Crippen LogP contribution in [-0.2, 0) is 42.7 Å². The number of rotatable bonds is 13. The van der Waals surface area contributed by atoms with Gasteiger partial charge in [-0.25, -0.2) is 4.79 Å². The molecule has 0 saturated carbocycles. The lowest BCUT2D eigenvalue weighted by Crippen LogP contribution is -2.66. The minimum atomic E-state index is -2.17. The van der Waals surface area contributed by atoms with Crippen molar-refractivity contribution in [1.29, 1.82) is 0 Å². The molecule has 4 fully saturated rings. The summed E-state index contributed by atoms with van der Waals surface area (Å²) in [6.07, 6.45) is -31.2. The Morgan fingerprint density at radius 2 is 1.26 bits per heavy atom. The lowest BCUT2D eigenvalue weighted by Gasteiger charge is -2.47. The number of hydrogen-bond donors (Lipinski definition) is 13. The Balaban J connectivity index is 1.17. The molecule has 8 rings (SSSR count). The number of aromatic hydroxyl groups is 4. The number of phenols is 4. The molecule has 0 bridgehead atoms. The van der Waals surface area contributed by atoms with Crippen molar-refractivity contribution in [2.45, 2.75) is 131 Å². The van der Waals surface area contributed by atoms with E-state index in [-0.39, 0.29) is 22.6 Å². The van der Waals surface area contributed by atoms with Crippen molar-refractivity contribution < 1.29 is 118 Å². The van der Waals surface area contributed by atoms with Crippen LogP contribution in [0.1, 0.15) is 19.4 Å². The van der Waals surface area contributed by atoms with Crippen LogP contribution in [0.4, 0.5) is 0 Å². The second-order valence-corrected chi connectivity index (χ2v) is 17.6. The van der Waals surface area contributed by atoms with E-state index in [1.807, 2.05) is 0 Å². The minimum Gasteiger partial charge on any atom is -0.508 e. The number of hydrogen-bond acceptors (Lipinski definition) is 25. The number of aliphatic hydroxyl groups excluding tert-OH is 9. The summed E-state index contributed by atoms with van der Waals surface area (Å²) in [6.45, 7) is 1.38. The van der Waals surface area contributed by atoms with E-state index in [1.165, 1.54) is 68.5 Å². The van der Waals surface area contributed by atoms with Gasteiger partial charge in [-0.1, -0.05) is 12.1 Å². The largest absolute Gasteiger partial charge is 0.508 e. The van der Waals surface area contributed by atoms with Crippen molar-refractivity contribution in [2.24, 2.45) is 0 Å². The molecule has 5 heterocycles. The molecule has 19 unspecified atom stereocenters. The van der Waals surface area contributed by atoms with Gasteiger partial charge in [0.1, 0.15) is 101 Å². The molecule has 4 aliphatic rings. The Bertz CT molecular complexity index is 2590. The van der Waals surface area contributed by atoms with Crippen LogP contribution in [-0.4, -0.2) is 202 Å². The molecule has 392 valence electrons.